The number of aliphatic carboxylic acids is 1. The molecule has 0 radical (unpaired) electrons. The summed E-state index contributed by atoms with van der Waals surface area (Å²) in [5, 5.41) is 13.3. The summed E-state index contributed by atoms with van der Waals surface area (Å²) in [5.41, 5.74) is 2.99. The zero-order valence-corrected chi connectivity index (χ0v) is 14.7. The summed E-state index contributed by atoms with van der Waals surface area (Å²) >= 11 is 1.61. The van der Waals surface area contributed by atoms with Gasteiger partial charge < -0.3 is 15.0 Å². The number of benzene rings is 2. The van der Waals surface area contributed by atoms with Crippen LogP contribution < -0.4 is 5.32 Å². The molecule has 6 heteroatoms. The zero-order valence-electron chi connectivity index (χ0n) is 13.9. The number of fused-ring (bicyclic) bond motifs is 1. The molecule has 0 atom stereocenters. The van der Waals surface area contributed by atoms with E-state index in [9.17, 15) is 4.79 Å². The lowest BCUT2D eigenvalue weighted by Crippen LogP contribution is -2.15. The quantitative estimate of drug-likeness (QED) is 0.455. The van der Waals surface area contributed by atoms with E-state index in [0.717, 1.165) is 41.5 Å². The van der Waals surface area contributed by atoms with E-state index in [-0.39, 0.29) is 6.54 Å². The number of para-hydroxylation sites is 2. The Morgan fingerprint density at radius 3 is 2.68 bits per heavy atom. The normalized spacial score (nSPS) is 11.0. The predicted octanol–water partition coefficient (Wildman–Crippen LogP) is 3.39. The minimum absolute atomic E-state index is 0.0604. The van der Waals surface area contributed by atoms with Gasteiger partial charge in [-0.05, 0) is 30.7 Å². The first-order chi connectivity index (χ1) is 12.2. The summed E-state index contributed by atoms with van der Waals surface area (Å²) in [5.74, 6) is 0.0413. The van der Waals surface area contributed by atoms with Crippen LogP contribution in [0, 0.1) is 0 Å². The van der Waals surface area contributed by atoms with Crippen LogP contribution in [0.5, 0.6) is 0 Å². The number of aromatic nitrogens is 2. The fourth-order valence-corrected chi connectivity index (χ4v) is 3.59. The fourth-order valence-electron chi connectivity index (χ4n) is 2.64. The second-order valence-corrected chi connectivity index (χ2v) is 6.79. The molecule has 1 aromatic heterocycles. The second kappa shape index (κ2) is 8.69. The van der Waals surface area contributed by atoms with Gasteiger partial charge in [0.05, 0.1) is 11.0 Å². The Morgan fingerprint density at radius 2 is 1.88 bits per heavy atom. The molecule has 130 valence electrons. The van der Waals surface area contributed by atoms with Gasteiger partial charge in [0.25, 0.3) is 0 Å². The molecule has 0 fully saturated rings. The van der Waals surface area contributed by atoms with Gasteiger partial charge in [0.15, 0.2) is 5.16 Å². The third-order valence-corrected chi connectivity index (χ3v) is 4.88. The van der Waals surface area contributed by atoms with E-state index < -0.39 is 5.97 Å². The number of rotatable bonds is 9. The van der Waals surface area contributed by atoms with Gasteiger partial charge in [-0.3, -0.25) is 4.79 Å². The predicted molar refractivity (Wildman–Crippen MR) is 101 cm³/mol. The standard InChI is InChI=1S/C19H21N3O2S/c23-18(24)14-22-17-10-5-4-9-16(17)21-19(22)25-12-6-11-20-13-15-7-2-1-3-8-15/h1-5,7-10,20H,6,11-14H2,(H,23,24). The van der Waals surface area contributed by atoms with Gasteiger partial charge in [0.2, 0.25) is 0 Å². The van der Waals surface area contributed by atoms with Crippen LogP contribution in [0.15, 0.2) is 59.8 Å². The number of nitrogens with zero attached hydrogens (tertiary/aromatic N) is 2. The highest BCUT2D eigenvalue weighted by Gasteiger charge is 2.13. The number of hydrogen-bond acceptors (Lipinski definition) is 4. The highest BCUT2D eigenvalue weighted by Crippen LogP contribution is 2.24. The summed E-state index contributed by atoms with van der Waals surface area (Å²) in [6, 6.07) is 18.0. The van der Waals surface area contributed by atoms with Crippen LogP contribution >= 0.6 is 11.8 Å². The minimum Gasteiger partial charge on any atom is -0.480 e. The molecule has 0 saturated heterocycles. The van der Waals surface area contributed by atoms with Gasteiger partial charge in [-0.25, -0.2) is 4.98 Å². The Bertz CT molecular complexity index is 833. The van der Waals surface area contributed by atoms with Crippen molar-refractivity contribution in [3.8, 4) is 0 Å². The topological polar surface area (TPSA) is 67.2 Å². The number of imidazole rings is 1. The second-order valence-electron chi connectivity index (χ2n) is 5.73. The highest BCUT2D eigenvalue weighted by molar-refractivity contribution is 7.99. The van der Waals surface area contributed by atoms with E-state index in [0.29, 0.717) is 0 Å². The van der Waals surface area contributed by atoms with E-state index in [4.69, 9.17) is 5.11 Å². The third kappa shape index (κ3) is 4.84. The summed E-state index contributed by atoms with van der Waals surface area (Å²) in [6.07, 6.45) is 0.994. The third-order valence-electron chi connectivity index (χ3n) is 3.81. The molecule has 0 aliphatic rings. The molecule has 0 aliphatic carbocycles. The van der Waals surface area contributed by atoms with Crippen molar-refractivity contribution in [2.45, 2.75) is 24.7 Å². The average molecular weight is 355 g/mol. The highest BCUT2D eigenvalue weighted by atomic mass is 32.2. The molecule has 0 spiro atoms. The van der Waals surface area contributed by atoms with Gasteiger partial charge >= 0.3 is 5.97 Å². The summed E-state index contributed by atoms with van der Waals surface area (Å²) in [6.45, 7) is 1.72. The lowest BCUT2D eigenvalue weighted by Gasteiger charge is -2.07. The molecule has 5 nitrogen and oxygen atoms in total. The van der Waals surface area contributed by atoms with Crippen molar-refractivity contribution < 1.29 is 9.90 Å². The van der Waals surface area contributed by atoms with E-state index in [1.54, 1.807) is 16.3 Å². The van der Waals surface area contributed by atoms with Crippen molar-refractivity contribution in [3.63, 3.8) is 0 Å². The zero-order chi connectivity index (χ0) is 17.5. The van der Waals surface area contributed by atoms with Crippen LogP contribution in [-0.2, 0) is 17.9 Å². The lowest BCUT2D eigenvalue weighted by atomic mass is 10.2. The number of thioether (sulfide) groups is 1. The van der Waals surface area contributed by atoms with Crippen molar-refractivity contribution in [1.82, 2.24) is 14.9 Å². The Kier molecular flexibility index (Phi) is 6.09. The fraction of sp³-hybridized carbons (Fsp3) is 0.263. The minimum atomic E-state index is -0.852. The lowest BCUT2D eigenvalue weighted by molar-refractivity contribution is -0.137. The Morgan fingerprint density at radius 1 is 1.12 bits per heavy atom. The van der Waals surface area contributed by atoms with E-state index >= 15 is 0 Å². The first kappa shape index (κ1) is 17.5. The number of carbonyl (C=O) groups is 1. The molecular weight excluding hydrogens is 334 g/mol. The molecule has 25 heavy (non-hydrogen) atoms. The van der Waals surface area contributed by atoms with Crippen LogP contribution in [0.4, 0.5) is 0 Å². The maximum atomic E-state index is 11.1. The molecular formula is C19H21N3O2S. The van der Waals surface area contributed by atoms with Crippen molar-refractivity contribution >= 4 is 28.8 Å². The van der Waals surface area contributed by atoms with Crippen molar-refractivity contribution in [3.05, 3.63) is 60.2 Å². The van der Waals surface area contributed by atoms with Gasteiger partial charge in [-0.15, -0.1) is 0 Å². The summed E-state index contributed by atoms with van der Waals surface area (Å²) in [7, 11) is 0. The van der Waals surface area contributed by atoms with Crippen LogP contribution in [-0.4, -0.2) is 32.9 Å². The largest absolute Gasteiger partial charge is 0.480 e. The van der Waals surface area contributed by atoms with Gasteiger partial charge in [-0.2, -0.15) is 0 Å². The first-order valence-electron chi connectivity index (χ1n) is 8.28. The molecule has 0 unspecified atom stereocenters. The molecule has 0 saturated carbocycles. The smallest absolute Gasteiger partial charge is 0.323 e. The van der Waals surface area contributed by atoms with Crippen LogP contribution in [0.2, 0.25) is 0 Å². The van der Waals surface area contributed by atoms with E-state index in [1.165, 1.54) is 5.56 Å². The number of carboxylic acid groups (broad SMARTS) is 1. The Labute approximate surface area is 151 Å². The molecule has 0 amide bonds. The number of hydrogen-bond donors (Lipinski definition) is 2. The summed E-state index contributed by atoms with van der Waals surface area (Å²) in [4.78, 5) is 15.7. The van der Waals surface area contributed by atoms with Gasteiger partial charge in [0, 0.05) is 12.3 Å². The average Bonchev–Trinajstić information content (AvgIpc) is 2.96. The SMILES string of the molecule is O=C(O)Cn1c(SCCCNCc2ccccc2)nc2ccccc21. The van der Waals surface area contributed by atoms with Gasteiger partial charge in [0.1, 0.15) is 6.54 Å². The van der Waals surface area contributed by atoms with Crippen LogP contribution in [0.1, 0.15) is 12.0 Å². The van der Waals surface area contributed by atoms with Crippen molar-refractivity contribution in [2.75, 3.05) is 12.3 Å². The van der Waals surface area contributed by atoms with E-state index in [1.807, 2.05) is 42.5 Å². The molecule has 2 aromatic carbocycles. The van der Waals surface area contributed by atoms with Crippen LogP contribution in [0.25, 0.3) is 11.0 Å². The summed E-state index contributed by atoms with van der Waals surface area (Å²) < 4.78 is 1.78. The molecule has 3 rings (SSSR count). The van der Waals surface area contributed by atoms with Crippen LogP contribution in [0.3, 0.4) is 0 Å². The maximum absolute atomic E-state index is 11.1. The number of nitrogens with one attached hydrogen (secondary N) is 1. The molecule has 3 aromatic rings. The van der Waals surface area contributed by atoms with Crippen molar-refractivity contribution in [1.29, 1.82) is 0 Å². The molecule has 2 N–H and O–H groups in total. The number of carboxylic acids is 1. The molecule has 0 aliphatic heterocycles. The Balaban J connectivity index is 1.51. The monoisotopic (exact) mass is 355 g/mol. The van der Waals surface area contributed by atoms with E-state index in [2.05, 4.69) is 22.4 Å². The molecule has 1 heterocycles. The Hall–Kier alpha value is -2.31. The molecule has 0 bridgehead atoms. The maximum Gasteiger partial charge on any atom is 0.323 e. The van der Waals surface area contributed by atoms with Crippen molar-refractivity contribution in [2.24, 2.45) is 0 Å². The van der Waals surface area contributed by atoms with Gasteiger partial charge in [-0.1, -0.05) is 54.2 Å². The first-order valence-corrected chi connectivity index (χ1v) is 9.27.